The third-order valence-electron chi connectivity index (χ3n) is 4.51. The first-order valence-electron chi connectivity index (χ1n) is 8.54. The van der Waals surface area contributed by atoms with Crippen molar-refractivity contribution in [1.29, 1.82) is 0 Å². The van der Waals surface area contributed by atoms with Crippen LogP contribution >= 0.6 is 12.2 Å². The average molecular weight is 384 g/mol. The molecule has 3 heterocycles. The summed E-state index contributed by atoms with van der Waals surface area (Å²) in [6.45, 7) is 9.48. The van der Waals surface area contributed by atoms with E-state index in [0.29, 0.717) is 29.6 Å². The summed E-state index contributed by atoms with van der Waals surface area (Å²) in [6.07, 6.45) is 0.673. The third kappa shape index (κ3) is 3.93. The molecule has 0 radical (unpaired) electrons. The molecular weight excluding hydrogens is 358 g/mol. The summed E-state index contributed by atoms with van der Waals surface area (Å²) in [5.41, 5.74) is 1.90. The number of rotatable bonds is 5. The number of sulfone groups is 1. The van der Waals surface area contributed by atoms with Crippen molar-refractivity contribution in [3.63, 3.8) is 0 Å². The number of hydrogen-bond acceptors (Lipinski definition) is 6. The van der Waals surface area contributed by atoms with Crippen LogP contribution in [0.2, 0.25) is 0 Å². The monoisotopic (exact) mass is 383 g/mol. The molecule has 1 aliphatic heterocycles. The molecule has 7 nitrogen and oxygen atoms in total. The second kappa shape index (κ2) is 6.77. The van der Waals surface area contributed by atoms with Gasteiger partial charge >= 0.3 is 0 Å². The van der Waals surface area contributed by atoms with Crippen LogP contribution in [0, 0.1) is 24.5 Å². The van der Waals surface area contributed by atoms with Gasteiger partial charge < -0.3 is 0 Å². The first-order chi connectivity index (χ1) is 11.7. The van der Waals surface area contributed by atoms with Crippen LogP contribution in [0.15, 0.2) is 6.07 Å². The Morgan fingerprint density at radius 2 is 2.12 bits per heavy atom. The molecule has 1 aliphatic rings. The van der Waals surface area contributed by atoms with Crippen LogP contribution in [0.5, 0.6) is 0 Å². The summed E-state index contributed by atoms with van der Waals surface area (Å²) in [5, 5.41) is 4.56. The lowest BCUT2D eigenvalue weighted by Gasteiger charge is -2.29. The second-order valence-corrected chi connectivity index (χ2v) is 9.91. The minimum atomic E-state index is -2.93. The van der Waals surface area contributed by atoms with Gasteiger partial charge in [0.2, 0.25) is 4.77 Å². The zero-order chi connectivity index (χ0) is 18.4. The van der Waals surface area contributed by atoms with Crippen molar-refractivity contribution in [3.8, 4) is 0 Å². The van der Waals surface area contributed by atoms with Crippen molar-refractivity contribution >= 4 is 27.8 Å². The fourth-order valence-electron chi connectivity index (χ4n) is 3.45. The topological polar surface area (TPSA) is 72.5 Å². The Morgan fingerprint density at radius 3 is 2.72 bits per heavy atom. The van der Waals surface area contributed by atoms with Crippen molar-refractivity contribution in [2.24, 2.45) is 5.92 Å². The molecule has 0 bridgehead atoms. The highest BCUT2D eigenvalue weighted by atomic mass is 32.2. The Kier molecular flexibility index (Phi) is 5.00. The predicted octanol–water partition coefficient (Wildman–Crippen LogP) is 1.98. The molecule has 0 amide bonds. The molecule has 2 aromatic heterocycles. The lowest BCUT2D eigenvalue weighted by Crippen LogP contribution is -2.40. The van der Waals surface area contributed by atoms with E-state index in [4.69, 9.17) is 12.2 Å². The molecule has 3 rings (SSSR count). The maximum atomic E-state index is 11.9. The summed E-state index contributed by atoms with van der Waals surface area (Å²) < 4.78 is 28.0. The van der Waals surface area contributed by atoms with E-state index in [9.17, 15) is 8.42 Å². The third-order valence-corrected chi connectivity index (χ3v) is 6.65. The van der Waals surface area contributed by atoms with Crippen LogP contribution < -0.4 is 0 Å². The Labute approximate surface area is 153 Å². The number of fused-ring (bicyclic) bond motifs is 1. The first-order valence-corrected chi connectivity index (χ1v) is 10.8. The number of aromatic nitrogens is 4. The minimum absolute atomic E-state index is 0.0231. The lowest BCUT2D eigenvalue weighted by atomic mass is 10.1. The van der Waals surface area contributed by atoms with E-state index in [1.807, 2.05) is 24.3 Å². The SMILES string of the molecule is Cc1cc(C)n2c(=S)n(CN(CC(C)C)C3CCS(=O)(=O)C3)nc2n1. The molecule has 0 N–H and O–H groups in total. The van der Waals surface area contributed by atoms with Crippen molar-refractivity contribution < 1.29 is 8.42 Å². The molecule has 0 saturated carbocycles. The van der Waals surface area contributed by atoms with E-state index in [2.05, 4.69) is 28.8 Å². The van der Waals surface area contributed by atoms with Gasteiger partial charge in [-0.3, -0.25) is 9.30 Å². The number of nitrogens with zero attached hydrogens (tertiary/aromatic N) is 5. The van der Waals surface area contributed by atoms with Crippen molar-refractivity contribution in [2.45, 2.75) is 46.8 Å². The van der Waals surface area contributed by atoms with Gasteiger partial charge in [0.1, 0.15) is 0 Å². The Bertz CT molecular complexity index is 945. The molecular formula is C16H25N5O2S2. The van der Waals surface area contributed by atoms with E-state index in [1.54, 1.807) is 4.68 Å². The summed E-state index contributed by atoms with van der Waals surface area (Å²) >= 11 is 5.59. The van der Waals surface area contributed by atoms with Gasteiger partial charge in [0.15, 0.2) is 9.84 Å². The Balaban J connectivity index is 1.94. The second-order valence-electron chi connectivity index (χ2n) is 7.32. The summed E-state index contributed by atoms with van der Waals surface area (Å²) in [5.74, 6) is 1.50. The highest BCUT2D eigenvalue weighted by Crippen LogP contribution is 2.20. The van der Waals surface area contributed by atoms with Gasteiger partial charge in [0.25, 0.3) is 5.78 Å². The van der Waals surface area contributed by atoms with Crippen LogP contribution in [0.3, 0.4) is 0 Å². The summed E-state index contributed by atoms with van der Waals surface area (Å²) in [7, 11) is -2.93. The van der Waals surface area contributed by atoms with Crippen LogP contribution in [0.4, 0.5) is 0 Å². The molecule has 9 heteroatoms. The maximum Gasteiger partial charge on any atom is 0.254 e. The molecule has 0 aliphatic carbocycles. The van der Waals surface area contributed by atoms with E-state index in [-0.39, 0.29) is 17.5 Å². The fraction of sp³-hybridized carbons (Fsp3) is 0.688. The molecule has 0 aromatic carbocycles. The molecule has 1 unspecified atom stereocenters. The van der Waals surface area contributed by atoms with Crippen molar-refractivity contribution in [1.82, 2.24) is 24.1 Å². The standard InChI is InChI=1S/C16H25N5O2S2/c1-11(2)8-19(14-5-6-25(22,23)9-14)10-20-16(24)21-13(4)7-12(3)17-15(21)18-20/h7,11,14H,5-6,8-10H2,1-4H3. The number of aryl methyl sites for hydroxylation is 2. The smallest absolute Gasteiger partial charge is 0.254 e. The van der Waals surface area contributed by atoms with Crippen molar-refractivity contribution in [3.05, 3.63) is 22.2 Å². The molecule has 25 heavy (non-hydrogen) atoms. The van der Waals surface area contributed by atoms with Crippen LogP contribution in [0.25, 0.3) is 5.78 Å². The number of hydrogen-bond donors (Lipinski definition) is 0. The Morgan fingerprint density at radius 1 is 1.40 bits per heavy atom. The van der Waals surface area contributed by atoms with Gasteiger partial charge in [-0.05, 0) is 44.5 Å². The highest BCUT2D eigenvalue weighted by Gasteiger charge is 2.33. The van der Waals surface area contributed by atoms with Crippen LogP contribution in [0.1, 0.15) is 31.7 Å². The van der Waals surface area contributed by atoms with Gasteiger partial charge in [-0.25, -0.2) is 18.1 Å². The highest BCUT2D eigenvalue weighted by molar-refractivity contribution is 7.91. The first kappa shape index (κ1) is 18.5. The minimum Gasteiger partial charge on any atom is -0.280 e. The largest absolute Gasteiger partial charge is 0.280 e. The van der Waals surface area contributed by atoms with Gasteiger partial charge in [-0.2, -0.15) is 0 Å². The van der Waals surface area contributed by atoms with E-state index in [0.717, 1.165) is 17.9 Å². The zero-order valence-electron chi connectivity index (χ0n) is 15.1. The predicted molar refractivity (Wildman–Crippen MR) is 99.9 cm³/mol. The fourth-order valence-corrected chi connectivity index (χ4v) is 5.54. The maximum absolute atomic E-state index is 11.9. The van der Waals surface area contributed by atoms with Gasteiger partial charge in [0.05, 0.1) is 18.2 Å². The van der Waals surface area contributed by atoms with Crippen molar-refractivity contribution in [2.75, 3.05) is 18.1 Å². The average Bonchev–Trinajstić information content (AvgIpc) is 2.98. The van der Waals surface area contributed by atoms with E-state index in [1.165, 1.54) is 0 Å². The molecule has 1 saturated heterocycles. The Hall–Kier alpha value is -1.32. The van der Waals surface area contributed by atoms with Crippen LogP contribution in [-0.4, -0.2) is 56.6 Å². The van der Waals surface area contributed by atoms with Gasteiger partial charge in [0, 0.05) is 24.0 Å². The van der Waals surface area contributed by atoms with E-state index < -0.39 is 9.84 Å². The normalized spacial score (nSPS) is 20.2. The molecule has 138 valence electrons. The van der Waals surface area contributed by atoms with Gasteiger partial charge in [-0.15, -0.1) is 5.10 Å². The summed E-state index contributed by atoms with van der Waals surface area (Å²) in [6, 6.07) is 2.00. The quantitative estimate of drug-likeness (QED) is 0.735. The summed E-state index contributed by atoms with van der Waals surface area (Å²) in [4.78, 5) is 6.65. The van der Waals surface area contributed by atoms with Gasteiger partial charge in [-0.1, -0.05) is 13.8 Å². The lowest BCUT2D eigenvalue weighted by molar-refractivity contribution is 0.137. The zero-order valence-corrected chi connectivity index (χ0v) is 16.8. The molecule has 1 fully saturated rings. The molecule has 2 aromatic rings. The molecule has 1 atom stereocenters. The van der Waals surface area contributed by atoms with E-state index >= 15 is 0 Å². The van der Waals surface area contributed by atoms with Crippen LogP contribution in [-0.2, 0) is 16.5 Å². The molecule has 0 spiro atoms.